The quantitative estimate of drug-likeness (QED) is 0.652. The van der Waals surface area contributed by atoms with E-state index in [-0.39, 0.29) is 0 Å². The molecule has 1 N–H and O–H groups in total. The molecule has 0 aromatic heterocycles. The Labute approximate surface area is 78.6 Å². The fourth-order valence-electron chi connectivity index (χ4n) is 0.487. The molecule has 0 bridgehead atoms. The second kappa shape index (κ2) is 4.40. The number of ether oxygens (including phenoxy) is 1. The first-order valence-electron chi connectivity index (χ1n) is 3.64. The lowest BCUT2D eigenvalue weighted by atomic mass is 10.2. The highest BCUT2D eigenvalue weighted by Gasteiger charge is 2.15. The summed E-state index contributed by atoms with van der Waals surface area (Å²) >= 11 is 3.93. The van der Waals surface area contributed by atoms with Crippen LogP contribution in [0.1, 0.15) is 20.8 Å². The van der Waals surface area contributed by atoms with E-state index < -0.39 is 11.7 Å². The van der Waals surface area contributed by atoms with Crippen molar-refractivity contribution in [3.05, 3.63) is 12.3 Å². The zero-order valence-electron chi connectivity index (χ0n) is 7.68. The van der Waals surface area contributed by atoms with Crippen LogP contribution < -0.4 is 5.32 Å². The van der Waals surface area contributed by atoms with E-state index in [9.17, 15) is 4.79 Å². The summed E-state index contributed by atoms with van der Waals surface area (Å²) < 4.78 is 4.97. The second-order valence-corrected chi connectivity index (χ2v) is 3.70. The van der Waals surface area contributed by atoms with E-state index >= 15 is 0 Å². The molecule has 4 heteroatoms. The number of hydrogen-bond acceptors (Lipinski definition) is 3. The molecular formula is C8H15NO2S. The SMILES string of the molecule is C=C(CS)NC(=O)OC(C)(C)C. The van der Waals surface area contributed by atoms with Crippen molar-refractivity contribution < 1.29 is 9.53 Å². The number of hydrogen-bond donors (Lipinski definition) is 2. The third-order valence-corrected chi connectivity index (χ3v) is 1.25. The van der Waals surface area contributed by atoms with Crippen LogP contribution in [-0.4, -0.2) is 17.4 Å². The maximum Gasteiger partial charge on any atom is 0.411 e. The lowest BCUT2D eigenvalue weighted by Crippen LogP contribution is -2.32. The van der Waals surface area contributed by atoms with Crippen molar-refractivity contribution in [1.82, 2.24) is 5.32 Å². The number of alkyl carbamates (subject to hydrolysis) is 1. The summed E-state index contributed by atoms with van der Waals surface area (Å²) in [6, 6.07) is 0. The first-order valence-corrected chi connectivity index (χ1v) is 4.27. The highest BCUT2D eigenvalue weighted by atomic mass is 32.1. The van der Waals surface area contributed by atoms with Gasteiger partial charge >= 0.3 is 6.09 Å². The minimum atomic E-state index is -0.485. The minimum Gasteiger partial charge on any atom is -0.444 e. The van der Waals surface area contributed by atoms with Crippen LogP contribution >= 0.6 is 12.6 Å². The molecule has 0 radical (unpaired) electrons. The summed E-state index contributed by atoms with van der Waals surface area (Å²) in [5, 5.41) is 2.45. The van der Waals surface area contributed by atoms with Crippen LogP contribution in [0.3, 0.4) is 0 Å². The molecule has 0 aliphatic heterocycles. The zero-order chi connectivity index (χ0) is 9.78. The maximum absolute atomic E-state index is 11.0. The van der Waals surface area contributed by atoms with Crippen molar-refractivity contribution in [3.63, 3.8) is 0 Å². The molecular weight excluding hydrogens is 174 g/mol. The van der Waals surface area contributed by atoms with Gasteiger partial charge in [0.25, 0.3) is 0 Å². The van der Waals surface area contributed by atoms with Crippen LogP contribution in [0.2, 0.25) is 0 Å². The van der Waals surface area contributed by atoms with Crippen molar-refractivity contribution >= 4 is 18.7 Å². The average molecular weight is 189 g/mol. The highest BCUT2D eigenvalue weighted by molar-refractivity contribution is 7.80. The lowest BCUT2D eigenvalue weighted by molar-refractivity contribution is 0.0547. The highest BCUT2D eigenvalue weighted by Crippen LogP contribution is 2.06. The molecule has 3 nitrogen and oxygen atoms in total. The molecule has 0 spiro atoms. The number of carbonyl (C=O) groups excluding carboxylic acids is 1. The van der Waals surface area contributed by atoms with Crippen LogP contribution in [0.15, 0.2) is 12.3 Å². The van der Waals surface area contributed by atoms with Crippen molar-refractivity contribution in [2.75, 3.05) is 5.75 Å². The first kappa shape index (κ1) is 11.4. The molecule has 0 saturated carbocycles. The van der Waals surface area contributed by atoms with Gasteiger partial charge in [-0.15, -0.1) is 0 Å². The van der Waals surface area contributed by atoms with Crippen LogP contribution in [0.5, 0.6) is 0 Å². The van der Waals surface area contributed by atoms with Gasteiger partial charge in [0.05, 0.1) is 0 Å². The molecule has 0 unspecified atom stereocenters. The smallest absolute Gasteiger partial charge is 0.411 e. The fourth-order valence-corrected chi connectivity index (χ4v) is 0.567. The van der Waals surface area contributed by atoms with Crippen molar-refractivity contribution in [1.29, 1.82) is 0 Å². The van der Waals surface area contributed by atoms with Crippen LogP contribution in [0.25, 0.3) is 0 Å². The predicted molar refractivity (Wildman–Crippen MR) is 52.4 cm³/mol. The molecule has 0 saturated heterocycles. The molecule has 0 aromatic carbocycles. The third-order valence-electron chi connectivity index (χ3n) is 0.869. The van der Waals surface area contributed by atoms with Gasteiger partial charge in [-0.1, -0.05) is 6.58 Å². The Hall–Kier alpha value is -0.640. The Balaban J connectivity index is 3.83. The van der Waals surface area contributed by atoms with E-state index in [2.05, 4.69) is 24.5 Å². The predicted octanol–water partition coefficient (Wildman–Crippen LogP) is 1.95. The topological polar surface area (TPSA) is 38.3 Å². The molecule has 0 fully saturated rings. The maximum atomic E-state index is 11.0. The Morgan fingerprint density at radius 2 is 2.08 bits per heavy atom. The molecule has 70 valence electrons. The lowest BCUT2D eigenvalue weighted by Gasteiger charge is -2.19. The van der Waals surface area contributed by atoms with E-state index in [1.54, 1.807) is 20.8 Å². The Morgan fingerprint density at radius 1 is 1.58 bits per heavy atom. The van der Waals surface area contributed by atoms with Gasteiger partial charge in [0, 0.05) is 11.4 Å². The first-order chi connectivity index (χ1) is 5.35. The Kier molecular flexibility index (Phi) is 4.17. The molecule has 0 aliphatic carbocycles. The van der Waals surface area contributed by atoms with E-state index in [4.69, 9.17) is 4.74 Å². The number of amides is 1. The van der Waals surface area contributed by atoms with E-state index in [1.807, 2.05) is 0 Å². The van der Waals surface area contributed by atoms with Gasteiger partial charge in [-0.3, -0.25) is 5.32 Å². The van der Waals surface area contributed by atoms with E-state index in [0.29, 0.717) is 11.4 Å². The molecule has 1 amide bonds. The number of thiol groups is 1. The van der Waals surface area contributed by atoms with Gasteiger partial charge in [0.1, 0.15) is 5.60 Å². The molecule has 0 aliphatic rings. The van der Waals surface area contributed by atoms with Crippen molar-refractivity contribution in [2.45, 2.75) is 26.4 Å². The van der Waals surface area contributed by atoms with Crippen LogP contribution in [-0.2, 0) is 4.74 Å². The van der Waals surface area contributed by atoms with Gasteiger partial charge in [-0.2, -0.15) is 12.6 Å². The zero-order valence-corrected chi connectivity index (χ0v) is 8.57. The molecule has 0 rings (SSSR count). The standard InChI is InChI=1S/C8H15NO2S/c1-6(5-12)9-7(10)11-8(2,3)4/h12H,1,5H2,2-4H3,(H,9,10). The second-order valence-electron chi connectivity index (χ2n) is 3.39. The summed E-state index contributed by atoms with van der Waals surface area (Å²) in [6.45, 7) is 8.96. The summed E-state index contributed by atoms with van der Waals surface area (Å²) in [7, 11) is 0. The van der Waals surface area contributed by atoms with E-state index in [1.165, 1.54) is 0 Å². The number of nitrogens with one attached hydrogen (secondary N) is 1. The van der Waals surface area contributed by atoms with Crippen LogP contribution in [0.4, 0.5) is 4.79 Å². The van der Waals surface area contributed by atoms with Gasteiger partial charge in [-0.05, 0) is 20.8 Å². The molecule has 0 heterocycles. The summed E-state index contributed by atoms with van der Waals surface area (Å²) in [6.07, 6.45) is -0.485. The minimum absolute atomic E-state index is 0.416. The summed E-state index contributed by atoms with van der Waals surface area (Å²) in [4.78, 5) is 11.0. The van der Waals surface area contributed by atoms with Crippen LogP contribution in [0, 0.1) is 0 Å². The summed E-state index contributed by atoms with van der Waals surface area (Å²) in [5.41, 5.74) is 0.0635. The van der Waals surface area contributed by atoms with Gasteiger partial charge in [-0.25, -0.2) is 4.79 Å². The molecule has 12 heavy (non-hydrogen) atoms. The Morgan fingerprint density at radius 3 is 2.42 bits per heavy atom. The van der Waals surface area contributed by atoms with Gasteiger partial charge in [0.2, 0.25) is 0 Å². The molecule has 0 atom stereocenters. The third kappa shape index (κ3) is 6.09. The van der Waals surface area contributed by atoms with E-state index in [0.717, 1.165) is 0 Å². The van der Waals surface area contributed by atoms with Gasteiger partial charge < -0.3 is 4.74 Å². The largest absolute Gasteiger partial charge is 0.444 e. The van der Waals surface area contributed by atoms with Crippen molar-refractivity contribution in [2.24, 2.45) is 0 Å². The Bertz CT molecular complexity index is 184. The monoisotopic (exact) mass is 189 g/mol. The summed E-state index contributed by atoms with van der Waals surface area (Å²) in [5.74, 6) is 0.416. The van der Waals surface area contributed by atoms with Crippen molar-refractivity contribution in [3.8, 4) is 0 Å². The fraction of sp³-hybridized carbons (Fsp3) is 0.625. The number of rotatable bonds is 2. The normalized spacial score (nSPS) is 10.7. The van der Waals surface area contributed by atoms with Gasteiger partial charge in [0.15, 0.2) is 0 Å². The average Bonchev–Trinajstić information content (AvgIpc) is 1.82. The number of carbonyl (C=O) groups is 1. The molecule has 0 aromatic rings.